The first-order valence-electron chi connectivity index (χ1n) is 7.61. The summed E-state index contributed by atoms with van der Waals surface area (Å²) in [6.07, 6.45) is 5.63. The van der Waals surface area contributed by atoms with E-state index in [-0.39, 0.29) is 17.9 Å². The highest BCUT2D eigenvalue weighted by atomic mass is 32.2. The van der Waals surface area contributed by atoms with Gasteiger partial charge in [-0.3, -0.25) is 9.59 Å². The lowest BCUT2D eigenvalue weighted by molar-refractivity contribution is -0.129. The van der Waals surface area contributed by atoms with Gasteiger partial charge < -0.3 is 15.5 Å². The minimum atomic E-state index is 0.0511. The molecular formula is C14H25N3O2S. The lowest BCUT2D eigenvalue weighted by Gasteiger charge is -2.26. The quantitative estimate of drug-likeness (QED) is 0.780. The molecule has 2 saturated heterocycles. The summed E-state index contributed by atoms with van der Waals surface area (Å²) < 4.78 is 0. The van der Waals surface area contributed by atoms with E-state index in [0.717, 1.165) is 51.9 Å². The van der Waals surface area contributed by atoms with E-state index in [4.69, 9.17) is 0 Å². The average molecular weight is 299 g/mol. The molecule has 0 aliphatic carbocycles. The van der Waals surface area contributed by atoms with Crippen LogP contribution in [0.25, 0.3) is 0 Å². The molecular weight excluding hydrogens is 274 g/mol. The Morgan fingerprint density at radius 3 is 2.65 bits per heavy atom. The van der Waals surface area contributed by atoms with Crippen molar-refractivity contribution in [2.75, 3.05) is 37.7 Å². The summed E-state index contributed by atoms with van der Waals surface area (Å²) in [6.45, 7) is 3.69. The second kappa shape index (κ2) is 8.52. The van der Waals surface area contributed by atoms with E-state index >= 15 is 0 Å². The summed E-state index contributed by atoms with van der Waals surface area (Å²) in [5, 5.41) is 6.30. The number of rotatable bonds is 5. The smallest absolute Gasteiger partial charge is 0.232 e. The summed E-state index contributed by atoms with van der Waals surface area (Å²) >= 11 is 1.43. The second-order valence-corrected chi connectivity index (χ2v) is 6.53. The number of hydrogen-bond donors (Lipinski definition) is 2. The summed E-state index contributed by atoms with van der Waals surface area (Å²) in [4.78, 5) is 25.6. The number of carbonyl (C=O) groups is 2. The Kier molecular flexibility index (Phi) is 6.66. The van der Waals surface area contributed by atoms with Crippen molar-refractivity contribution in [2.45, 2.75) is 38.1 Å². The zero-order chi connectivity index (χ0) is 14.2. The van der Waals surface area contributed by atoms with Crippen molar-refractivity contribution in [1.29, 1.82) is 0 Å². The highest BCUT2D eigenvalue weighted by molar-refractivity contribution is 8.00. The molecule has 2 amide bonds. The van der Waals surface area contributed by atoms with Crippen molar-refractivity contribution >= 4 is 23.6 Å². The van der Waals surface area contributed by atoms with E-state index in [9.17, 15) is 9.59 Å². The van der Waals surface area contributed by atoms with Crippen LogP contribution in [0.4, 0.5) is 0 Å². The van der Waals surface area contributed by atoms with Crippen LogP contribution >= 0.6 is 11.8 Å². The molecule has 2 aliphatic rings. The molecule has 0 radical (unpaired) electrons. The van der Waals surface area contributed by atoms with Crippen LogP contribution in [0.1, 0.15) is 32.1 Å². The fourth-order valence-electron chi connectivity index (χ4n) is 2.71. The number of thioether (sulfide) groups is 1. The molecule has 0 unspecified atom stereocenters. The van der Waals surface area contributed by atoms with Gasteiger partial charge in [-0.25, -0.2) is 0 Å². The van der Waals surface area contributed by atoms with Crippen LogP contribution in [0.15, 0.2) is 0 Å². The first-order valence-corrected chi connectivity index (χ1v) is 8.77. The number of carbonyl (C=O) groups excluding carboxylic acids is 2. The number of amides is 2. The topological polar surface area (TPSA) is 61.4 Å². The molecule has 2 N–H and O–H groups in total. The maximum Gasteiger partial charge on any atom is 0.232 e. The van der Waals surface area contributed by atoms with Gasteiger partial charge in [0, 0.05) is 25.7 Å². The molecule has 5 nitrogen and oxygen atoms in total. The van der Waals surface area contributed by atoms with Crippen LogP contribution in [0.2, 0.25) is 0 Å². The SMILES string of the molecule is O=C(CSCC(=O)N1CCCCC1)N[C@H]1CCCNC1. The van der Waals surface area contributed by atoms with Crippen molar-refractivity contribution in [3.8, 4) is 0 Å². The number of piperidine rings is 2. The van der Waals surface area contributed by atoms with Crippen molar-refractivity contribution in [3.63, 3.8) is 0 Å². The molecule has 114 valence electrons. The van der Waals surface area contributed by atoms with Crippen molar-refractivity contribution in [1.82, 2.24) is 15.5 Å². The van der Waals surface area contributed by atoms with Crippen LogP contribution in [0.3, 0.4) is 0 Å². The lowest BCUT2D eigenvalue weighted by Crippen LogP contribution is -2.46. The summed E-state index contributed by atoms with van der Waals surface area (Å²) in [5.74, 6) is 1.05. The Labute approximate surface area is 125 Å². The van der Waals surface area contributed by atoms with Gasteiger partial charge in [-0.2, -0.15) is 0 Å². The third-order valence-electron chi connectivity index (χ3n) is 3.83. The van der Waals surface area contributed by atoms with Crippen molar-refractivity contribution in [3.05, 3.63) is 0 Å². The normalized spacial score (nSPS) is 23.4. The van der Waals surface area contributed by atoms with Gasteiger partial charge in [-0.1, -0.05) is 0 Å². The minimum Gasteiger partial charge on any atom is -0.351 e. The Morgan fingerprint density at radius 2 is 1.95 bits per heavy atom. The maximum absolute atomic E-state index is 11.9. The largest absolute Gasteiger partial charge is 0.351 e. The van der Waals surface area contributed by atoms with Crippen LogP contribution in [-0.2, 0) is 9.59 Å². The second-order valence-electron chi connectivity index (χ2n) is 5.55. The van der Waals surface area contributed by atoms with Gasteiger partial charge in [0.25, 0.3) is 0 Å². The molecule has 6 heteroatoms. The zero-order valence-corrected chi connectivity index (χ0v) is 12.8. The summed E-state index contributed by atoms with van der Waals surface area (Å²) in [6, 6.07) is 0.259. The molecule has 1 atom stereocenters. The molecule has 2 rings (SSSR count). The standard InChI is InChI=1S/C14H25N3O2S/c18-13(16-12-5-4-6-15-9-12)10-20-11-14(19)17-7-2-1-3-8-17/h12,15H,1-11H2,(H,16,18)/t12-/m0/s1. The first-order chi connectivity index (χ1) is 9.75. The molecule has 20 heavy (non-hydrogen) atoms. The fourth-order valence-corrected chi connectivity index (χ4v) is 3.44. The van der Waals surface area contributed by atoms with E-state index in [2.05, 4.69) is 10.6 Å². The minimum absolute atomic E-state index is 0.0511. The Bertz CT molecular complexity index is 326. The van der Waals surface area contributed by atoms with Crippen LogP contribution in [0, 0.1) is 0 Å². The highest BCUT2D eigenvalue weighted by Crippen LogP contribution is 2.11. The third kappa shape index (κ3) is 5.32. The molecule has 0 aromatic carbocycles. The van der Waals surface area contributed by atoms with Crippen LogP contribution in [-0.4, -0.2) is 60.4 Å². The van der Waals surface area contributed by atoms with Crippen LogP contribution < -0.4 is 10.6 Å². The molecule has 0 saturated carbocycles. The molecule has 2 fully saturated rings. The third-order valence-corrected chi connectivity index (χ3v) is 4.75. The van der Waals surface area contributed by atoms with Crippen molar-refractivity contribution in [2.24, 2.45) is 0 Å². The Morgan fingerprint density at radius 1 is 1.15 bits per heavy atom. The molecule has 2 heterocycles. The molecule has 0 aromatic heterocycles. The highest BCUT2D eigenvalue weighted by Gasteiger charge is 2.18. The van der Waals surface area contributed by atoms with Gasteiger partial charge in [0.15, 0.2) is 0 Å². The van der Waals surface area contributed by atoms with Crippen molar-refractivity contribution < 1.29 is 9.59 Å². The summed E-state index contributed by atoms with van der Waals surface area (Å²) in [7, 11) is 0. The molecule has 0 aromatic rings. The first kappa shape index (κ1) is 15.6. The number of nitrogens with zero attached hydrogens (tertiary/aromatic N) is 1. The number of hydrogen-bond acceptors (Lipinski definition) is 4. The van der Waals surface area contributed by atoms with E-state index < -0.39 is 0 Å². The van der Waals surface area contributed by atoms with Gasteiger partial charge in [-0.15, -0.1) is 11.8 Å². The van der Waals surface area contributed by atoms with E-state index in [0.29, 0.717) is 11.5 Å². The predicted octanol–water partition coefficient (Wildman–Crippen LogP) is 0.600. The van der Waals surface area contributed by atoms with Gasteiger partial charge in [0.1, 0.15) is 0 Å². The van der Waals surface area contributed by atoms with E-state index in [1.807, 2.05) is 4.90 Å². The zero-order valence-electron chi connectivity index (χ0n) is 12.0. The van der Waals surface area contributed by atoms with Crippen LogP contribution in [0.5, 0.6) is 0 Å². The molecule has 0 bridgehead atoms. The number of likely N-dealkylation sites (tertiary alicyclic amines) is 1. The van der Waals surface area contributed by atoms with Gasteiger partial charge in [0.2, 0.25) is 11.8 Å². The Balaban J connectivity index is 1.57. The van der Waals surface area contributed by atoms with E-state index in [1.165, 1.54) is 18.2 Å². The summed E-state index contributed by atoms with van der Waals surface area (Å²) in [5.41, 5.74) is 0. The lowest BCUT2D eigenvalue weighted by atomic mass is 10.1. The molecule has 2 aliphatic heterocycles. The predicted molar refractivity (Wildman–Crippen MR) is 81.8 cm³/mol. The van der Waals surface area contributed by atoms with E-state index in [1.54, 1.807) is 0 Å². The Hall–Kier alpha value is -0.750. The number of nitrogens with one attached hydrogen (secondary N) is 2. The van der Waals surface area contributed by atoms with Gasteiger partial charge in [0.05, 0.1) is 11.5 Å². The fraction of sp³-hybridized carbons (Fsp3) is 0.857. The van der Waals surface area contributed by atoms with Gasteiger partial charge >= 0.3 is 0 Å². The molecule has 0 spiro atoms. The average Bonchev–Trinajstić information content (AvgIpc) is 2.49. The van der Waals surface area contributed by atoms with Gasteiger partial charge in [-0.05, 0) is 38.6 Å². The monoisotopic (exact) mass is 299 g/mol. The maximum atomic E-state index is 11.9.